The highest BCUT2D eigenvalue weighted by atomic mass is 35.5. The lowest BCUT2D eigenvalue weighted by atomic mass is 10.3. The summed E-state index contributed by atoms with van der Waals surface area (Å²) in [5.74, 6) is 0.696. The zero-order chi connectivity index (χ0) is 22.9. The molecule has 5 rings (SSSR count). The number of benzene rings is 3. The molecule has 1 atom stereocenters. The second-order valence-corrected chi connectivity index (χ2v) is 8.95. The van der Waals surface area contributed by atoms with Crippen LogP contribution in [0.4, 0.5) is 5.13 Å². The number of anilines is 1. The van der Waals surface area contributed by atoms with E-state index in [2.05, 4.69) is 15.3 Å². The van der Waals surface area contributed by atoms with E-state index in [1.807, 2.05) is 12.1 Å². The minimum Gasteiger partial charge on any atom is -0.481 e. The molecule has 166 valence electrons. The van der Waals surface area contributed by atoms with Crippen molar-refractivity contribution in [1.82, 2.24) is 9.97 Å². The number of hydrogen-bond donors (Lipinski definition) is 1. The standard InChI is InChI=1S/C23H15Cl2N3O4S/c1-12(21(29)28-22-26-18-9-3-14(25)11-20(18)33-22)30-15-4-6-16(7-5-15)31-23-27-17-8-2-13(24)10-19(17)32-23/h2-12H,1H3,(H,26,28,29). The van der Waals surface area contributed by atoms with Gasteiger partial charge in [-0.05, 0) is 61.5 Å². The largest absolute Gasteiger partial charge is 0.481 e. The van der Waals surface area contributed by atoms with Crippen molar-refractivity contribution in [3.05, 3.63) is 70.7 Å². The van der Waals surface area contributed by atoms with Gasteiger partial charge < -0.3 is 13.9 Å². The SMILES string of the molecule is CC(Oc1ccc(Oc2nc3ccc(Cl)cc3o2)cc1)C(=O)Nc1nc2ccc(Cl)cc2s1. The molecule has 7 nitrogen and oxygen atoms in total. The molecule has 5 aromatic rings. The molecule has 0 saturated carbocycles. The van der Waals surface area contributed by atoms with E-state index in [4.69, 9.17) is 37.1 Å². The highest BCUT2D eigenvalue weighted by molar-refractivity contribution is 7.22. The monoisotopic (exact) mass is 499 g/mol. The van der Waals surface area contributed by atoms with Gasteiger partial charge in [0.1, 0.15) is 17.0 Å². The summed E-state index contributed by atoms with van der Waals surface area (Å²) in [5, 5.41) is 4.43. The van der Waals surface area contributed by atoms with Gasteiger partial charge in [0, 0.05) is 16.1 Å². The predicted octanol–water partition coefficient (Wildman–Crippen LogP) is 6.94. The van der Waals surface area contributed by atoms with Crippen molar-refractivity contribution in [2.45, 2.75) is 13.0 Å². The maximum atomic E-state index is 12.5. The van der Waals surface area contributed by atoms with Gasteiger partial charge >= 0.3 is 6.08 Å². The molecule has 0 fully saturated rings. The van der Waals surface area contributed by atoms with Gasteiger partial charge in [0.25, 0.3) is 5.91 Å². The van der Waals surface area contributed by atoms with Crippen LogP contribution in [0.3, 0.4) is 0 Å². The topological polar surface area (TPSA) is 86.5 Å². The second-order valence-electron chi connectivity index (χ2n) is 7.05. The first kappa shape index (κ1) is 21.5. The number of hydrogen-bond acceptors (Lipinski definition) is 7. The molecule has 1 N–H and O–H groups in total. The first-order valence-corrected chi connectivity index (χ1v) is 11.4. The Morgan fingerprint density at radius 3 is 2.45 bits per heavy atom. The molecule has 1 unspecified atom stereocenters. The number of oxazole rings is 1. The van der Waals surface area contributed by atoms with Gasteiger partial charge in [0.2, 0.25) is 0 Å². The third-order valence-electron chi connectivity index (χ3n) is 4.62. The number of fused-ring (bicyclic) bond motifs is 2. The van der Waals surface area contributed by atoms with E-state index in [-0.39, 0.29) is 12.0 Å². The van der Waals surface area contributed by atoms with E-state index in [1.165, 1.54) is 11.3 Å². The smallest absolute Gasteiger partial charge is 0.400 e. The van der Waals surface area contributed by atoms with E-state index < -0.39 is 6.10 Å². The molecular formula is C23H15Cl2N3O4S. The fraction of sp³-hybridized carbons (Fsp3) is 0.0870. The van der Waals surface area contributed by atoms with Gasteiger partial charge in [-0.15, -0.1) is 0 Å². The number of amides is 1. The maximum Gasteiger partial charge on any atom is 0.400 e. The zero-order valence-electron chi connectivity index (χ0n) is 17.0. The van der Waals surface area contributed by atoms with Gasteiger partial charge in [-0.2, -0.15) is 4.98 Å². The highest BCUT2D eigenvalue weighted by Crippen LogP contribution is 2.30. The van der Waals surface area contributed by atoms with E-state index in [0.29, 0.717) is 37.8 Å². The molecule has 0 radical (unpaired) electrons. The Morgan fingerprint density at radius 1 is 0.970 bits per heavy atom. The molecule has 0 spiro atoms. The van der Waals surface area contributed by atoms with Crippen molar-refractivity contribution >= 4 is 66.9 Å². The minimum absolute atomic E-state index is 0.103. The molecule has 0 saturated heterocycles. The summed E-state index contributed by atoms with van der Waals surface area (Å²) in [7, 11) is 0. The van der Waals surface area contributed by atoms with Crippen molar-refractivity contribution in [2.24, 2.45) is 0 Å². The number of aromatic nitrogens is 2. The van der Waals surface area contributed by atoms with Crippen LogP contribution in [0.25, 0.3) is 21.3 Å². The Bertz CT molecular complexity index is 1470. The van der Waals surface area contributed by atoms with E-state index in [0.717, 1.165) is 10.2 Å². The molecule has 1 amide bonds. The Balaban J connectivity index is 1.20. The van der Waals surface area contributed by atoms with Crippen LogP contribution in [0.15, 0.2) is 65.1 Å². The highest BCUT2D eigenvalue weighted by Gasteiger charge is 2.17. The van der Waals surface area contributed by atoms with E-state index in [1.54, 1.807) is 55.5 Å². The second kappa shape index (κ2) is 8.90. The number of carbonyl (C=O) groups excluding carboxylic acids is 1. The molecule has 33 heavy (non-hydrogen) atoms. The lowest BCUT2D eigenvalue weighted by Crippen LogP contribution is -2.30. The van der Waals surface area contributed by atoms with Crippen LogP contribution in [0.2, 0.25) is 10.0 Å². The lowest BCUT2D eigenvalue weighted by Gasteiger charge is -2.13. The quantitative estimate of drug-likeness (QED) is 0.272. The van der Waals surface area contributed by atoms with Crippen LogP contribution in [0.5, 0.6) is 17.6 Å². The molecule has 0 aliphatic heterocycles. The minimum atomic E-state index is -0.742. The van der Waals surface area contributed by atoms with Gasteiger partial charge in [0.15, 0.2) is 16.8 Å². The van der Waals surface area contributed by atoms with Crippen molar-refractivity contribution < 1.29 is 18.7 Å². The summed E-state index contributed by atoms with van der Waals surface area (Å²) in [4.78, 5) is 21.2. The Kier molecular flexibility index (Phi) is 5.80. The summed E-state index contributed by atoms with van der Waals surface area (Å²) >= 11 is 13.3. The first-order chi connectivity index (χ1) is 15.9. The average molecular weight is 500 g/mol. The van der Waals surface area contributed by atoms with Crippen LogP contribution < -0.4 is 14.8 Å². The van der Waals surface area contributed by atoms with Crippen molar-refractivity contribution in [1.29, 1.82) is 0 Å². The van der Waals surface area contributed by atoms with Crippen LogP contribution in [0.1, 0.15) is 6.92 Å². The predicted molar refractivity (Wildman–Crippen MR) is 129 cm³/mol. The molecule has 2 aromatic heterocycles. The lowest BCUT2D eigenvalue weighted by molar-refractivity contribution is -0.122. The summed E-state index contributed by atoms with van der Waals surface area (Å²) in [6.45, 7) is 1.66. The average Bonchev–Trinajstić information content (AvgIpc) is 3.36. The number of thiazole rings is 1. The Morgan fingerprint density at radius 2 is 1.67 bits per heavy atom. The molecule has 10 heteroatoms. The Hall–Kier alpha value is -3.33. The fourth-order valence-corrected chi connectivity index (χ4v) is 4.33. The molecule has 0 aliphatic rings. The number of ether oxygens (including phenoxy) is 2. The fourth-order valence-electron chi connectivity index (χ4n) is 3.02. The first-order valence-electron chi connectivity index (χ1n) is 9.80. The van der Waals surface area contributed by atoms with Crippen LogP contribution in [-0.4, -0.2) is 22.0 Å². The zero-order valence-corrected chi connectivity index (χ0v) is 19.4. The van der Waals surface area contributed by atoms with Gasteiger partial charge in [-0.1, -0.05) is 34.5 Å². The van der Waals surface area contributed by atoms with Gasteiger partial charge in [-0.25, -0.2) is 4.98 Å². The summed E-state index contributed by atoms with van der Waals surface area (Å²) in [5.41, 5.74) is 1.95. The number of halogens is 2. The van der Waals surface area contributed by atoms with E-state index in [9.17, 15) is 4.79 Å². The number of nitrogens with zero attached hydrogens (tertiary/aromatic N) is 2. The maximum absolute atomic E-state index is 12.5. The molecule has 0 bridgehead atoms. The van der Waals surface area contributed by atoms with Crippen molar-refractivity contribution in [3.63, 3.8) is 0 Å². The summed E-state index contributed by atoms with van der Waals surface area (Å²) < 4.78 is 17.8. The summed E-state index contributed by atoms with van der Waals surface area (Å²) in [6, 6.07) is 17.3. The van der Waals surface area contributed by atoms with Gasteiger partial charge in [0.05, 0.1) is 10.2 Å². The summed E-state index contributed by atoms with van der Waals surface area (Å²) in [6.07, 6.45) is -0.639. The number of rotatable bonds is 6. The van der Waals surface area contributed by atoms with Crippen LogP contribution in [0, 0.1) is 0 Å². The Labute approximate surface area is 201 Å². The van der Waals surface area contributed by atoms with Crippen LogP contribution >= 0.6 is 34.5 Å². The normalized spacial score (nSPS) is 12.1. The van der Waals surface area contributed by atoms with E-state index >= 15 is 0 Å². The molecular weight excluding hydrogens is 485 g/mol. The van der Waals surface area contributed by atoms with Crippen molar-refractivity contribution in [2.75, 3.05) is 5.32 Å². The number of carbonyl (C=O) groups is 1. The van der Waals surface area contributed by atoms with Crippen molar-refractivity contribution in [3.8, 4) is 17.6 Å². The van der Waals surface area contributed by atoms with Gasteiger partial charge in [-0.3, -0.25) is 10.1 Å². The number of nitrogens with one attached hydrogen (secondary N) is 1. The molecule has 3 aromatic carbocycles. The van der Waals surface area contributed by atoms with Crippen LogP contribution in [-0.2, 0) is 4.79 Å². The third-order valence-corrected chi connectivity index (χ3v) is 6.03. The molecule has 0 aliphatic carbocycles. The third kappa shape index (κ3) is 4.88. The molecule has 2 heterocycles.